The van der Waals surface area contributed by atoms with E-state index in [0.29, 0.717) is 30.2 Å². The van der Waals surface area contributed by atoms with Crippen molar-refractivity contribution in [1.82, 2.24) is 14.5 Å². The number of carbonyl (C=O) groups excluding carboxylic acids is 1. The number of imidazole rings is 1. The Labute approximate surface area is 184 Å². The van der Waals surface area contributed by atoms with E-state index in [-0.39, 0.29) is 23.9 Å². The number of pyridine rings is 1. The van der Waals surface area contributed by atoms with Crippen molar-refractivity contribution in [2.45, 2.75) is 13.2 Å². The number of benzene rings is 2. The molecule has 0 radical (unpaired) electrons. The highest BCUT2D eigenvalue weighted by atomic mass is 19.1. The molecule has 0 aliphatic heterocycles. The van der Waals surface area contributed by atoms with Gasteiger partial charge in [-0.05, 0) is 30.3 Å². The summed E-state index contributed by atoms with van der Waals surface area (Å²) in [6.07, 6.45) is 6.81. The van der Waals surface area contributed by atoms with Crippen LogP contribution in [0.2, 0.25) is 0 Å². The normalized spacial score (nSPS) is 10.5. The minimum Gasteiger partial charge on any atom is -0.492 e. The van der Waals surface area contributed by atoms with Crippen LogP contribution in [0.5, 0.6) is 11.6 Å². The third-order valence-electron chi connectivity index (χ3n) is 4.61. The van der Waals surface area contributed by atoms with Gasteiger partial charge in [0.25, 0.3) is 5.91 Å². The minimum absolute atomic E-state index is 0.0375. The summed E-state index contributed by atoms with van der Waals surface area (Å²) in [7, 11) is 0. The second-order valence-corrected chi connectivity index (χ2v) is 6.87. The fourth-order valence-corrected chi connectivity index (χ4v) is 2.99. The predicted molar refractivity (Wildman–Crippen MR) is 117 cm³/mol. The molecule has 1 amide bonds. The maximum atomic E-state index is 13.8. The summed E-state index contributed by atoms with van der Waals surface area (Å²) < 4.78 is 27.2. The highest BCUT2D eigenvalue weighted by Gasteiger charge is 2.15. The first-order chi connectivity index (χ1) is 15.7. The van der Waals surface area contributed by atoms with E-state index in [0.717, 1.165) is 0 Å². The Kier molecular flexibility index (Phi) is 6.72. The van der Waals surface area contributed by atoms with Crippen LogP contribution in [0.3, 0.4) is 0 Å². The molecule has 32 heavy (non-hydrogen) atoms. The number of hydrogen-bond donors (Lipinski definition) is 1. The van der Waals surface area contributed by atoms with Crippen molar-refractivity contribution in [3.8, 4) is 11.6 Å². The van der Waals surface area contributed by atoms with Gasteiger partial charge >= 0.3 is 0 Å². The van der Waals surface area contributed by atoms with Crippen molar-refractivity contribution >= 4 is 11.6 Å². The molecule has 7 nitrogen and oxygen atoms in total. The first-order valence-electron chi connectivity index (χ1n) is 10.0. The molecule has 0 fully saturated rings. The highest BCUT2D eigenvalue weighted by molar-refractivity contribution is 6.05. The first-order valence-corrected chi connectivity index (χ1v) is 10.0. The second-order valence-electron chi connectivity index (χ2n) is 6.87. The fraction of sp³-hybridized carbons (Fsp3) is 0.125. The third-order valence-corrected chi connectivity index (χ3v) is 4.61. The summed E-state index contributed by atoms with van der Waals surface area (Å²) in [5.74, 6) is -0.0115. The van der Waals surface area contributed by atoms with Crippen LogP contribution in [0.25, 0.3) is 0 Å². The van der Waals surface area contributed by atoms with E-state index in [4.69, 9.17) is 9.47 Å². The number of carbonyl (C=O) groups is 1. The highest BCUT2D eigenvalue weighted by Crippen LogP contribution is 2.21. The lowest BCUT2D eigenvalue weighted by atomic mass is 10.2. The fourth-order valence-electron chi connectivity index (χ4n) is 2.99. The lowest BCUT2D eigenvalue weighted by molar-refractivity contribution is 0.102. The van der Waals surface area contributed by atoms with E-state index in [9.17, 15) is 9.18 Å². The summed E-state index contributed by atoms with van der Waals surface area (Å²) in [4.78, 5) is 21.0. The van der Waals surface area contributed by atoms with Crippen LogP contribution in [0, 0.1) is 5.82 Å². The van der Waals surface area contributed by atoms with Crippen LogP contribution in [0.1, 0.15) is 15.9 Å². The van der Waals surface area contributed by atoms with Crippen LogP contribution in [0.15, 0.2) is 85.6 Å². The monoisotopic (exact) mass is 432 g/mol. The lowest BCUT2D eigenvalue weighted by Gasteiger charge is -2.12. The van der Waals surface area contributed by atoms with Crippen molar-refractivity contribution in [3.63, 3.8) is 0 Å². The van der Waals surface area contributed by atoms with Gasteiger partial charge in [-0.3, -0.25) is 4.79 Å². The Morgan fingerprint density at radius 3 is 2.78 bits per heavy atom. The average molecular weight is 432 g/mol. The van der Waals surface area contributed by atoms with Crippen LogP contribution in [-0.2, 0) is 13.2 Å². The van der Waals surface area contributed by atoms with Crippen molar-refractivity contribution in [1.29, 1.82) is 0 Å². The summed E-state index contributed by atoms with van der Waals surface area (Å²) in [6, 6.07) is 16.7. The summed E-state index contributed by atoms with van der Waals surface area (Å²) in [5.41, 5.74) is 1.19. The zero-order chi connectivity index (χ0) is 22.2. The van der Waals surface area contributed by atoms with Gasteiger partial charge in [0.05, 0.1) is 12.9 Å². The Morgan fingerprint density at radius 1 is 1.03 bits per heavy atom. The molecule has 162 valence electrons. The number of rotatable bonds is 9. The molecule has 2 aromatic heterocycles. The molecule has 0 aliphatic rings. The Balaban J connectivity index is 1.39. The van der Waals surface area contributed by atoms with Gasteiger partial charge in [-0.25, -0.2) is 14.4 Å². The number of aromatic nitrogens is 3. The molecule has 4 rings (SSSR count). The van der Waals surface area contributed by atoms with Crippen molar-refractivity contribution in [3.05, 3.63) is 103 Å². The lowest BCUT2D eigenvalue weighted by Crippen LogP contribution is -2.14. The van der Waals surface area contributed by atoms with E-state index in [1.54, 1.807) is 61.1 Å². The largest absolute Gasteiger partial charge is 0.492 e. The number of halogens is 1. The zero-order valence-electron chi connectivity index (χ0n) is 17.1. The second kappa shape index (κ2) is 10.2. The standard InChI is InChI=1S/C24H21FN4O3/c25-22-9-2-1-5-18(22)16-32-24-21(8-4-10-27-24)23(30)28-19-6-3-7-20(15-19)31-14-13-29-12-11-26-17-29/h1-12,15,17H,13-14,16H2,(H,28,30). The number of amides is 1. The smallest absolute Gasteiger partial charge is 0.261 e. The van der Waals surface area contributed by atoms with Gasteiger partial charge in [0.15, 0.2) is 0 Å². The zero-order valence-corrected chi connectivity index (χ0v) is 17.1. The molecule has 0 saturated carbocycles. The molecule has 4 aromatic rings. The van der Waals surface area contributed by atoms with Crippen LogP contribution < -0.4 is 14.8 Å². The van der Waals surface area contributed by atoms with Crippen LogP contribution >= 0.6 is 0 Å². The van der Waals surface area contributed by atoms with Gasteiger partial charge in [0, 0.05) is 35.9 Å². The summed E-state index contributed by atoms with van der Waals surface area (Å²) in [6.45, 7) is 1.09. The van der Waals surface area contributed by atoms with Gasteiger partial charge in [-0.2, -0.15) is 0 Å². The molecule has 8 heteroatoms. The van der Waals surface area contributed by atoms with E-state index in [1.165, 1.54) is 12.3 Å². The summed E-state index contributed by atoms with van der Waals surface area (Å²) in [5, 5.41) is 2.82. The SMILES string of the molecule is O=C(Nc1cccc(OCCn2ccnc2)c1)c1cccnc1OCc1ccccc1F. The van der Waals surface area contributed by atoms with Crippen molar-refractivity contribution in [2.75, 3.05) is 11.9 Å². The summed E-state index contributed by atoms with van der Waals surface area (Å²) >= 11 is 0. The molecule has 1 N–H and O–H groups in total. The maximum absolute atomic E-state index is 13.8. The minimum atomic E-state index is -0.391. The first kappa shape index (κ1) is 21.0. The van der Waals surface area contributed by atoms with E-state index in [1.807, 2.05) is 16.8 Å². The molecular formula is C24H21FN4O3. The van der Waals surface area contributed by atoms with Crippen molar-refractivity contribution in [2.24, 2.45) is 0 Å². The molecular weight excluding hydrogens is 411 g/mol. The number of hydrogen-bond acceptors (Lipinski definition) is 5. The van der Waals surface area contributed by atoms with Crippen molar-refractivity contribution < 1.29 is 18.7 Å². The molecule has 0 spiro atoms. The third kappa shape index (κ3) is 5.48. The van der Waals surface area contributed by atoms with Crippen LogP contribution in [0.4, 0.5) is 10.1 Å². The molecule has 0 aliphatic carbocycles. The van der Waals surface area contributed by atoms with E-state index in [2.05, 4.69) is 15.3 Å². The quantitative estimate of drug-likeness (QED) is 0.426. The van der Waals surface area contributed by atoms with Gasteiger partial charge in [0.2, 0.25) is 5.88 Å². The molecule has 2 aromatic carbocycles. The maximum Gasteiger partial charge on any atom is 0.261 e. The van der Waals surface area contributed by atoms with E-state index >= 15 is 0 Å². The number of anilines is 1. The van der Waals surface area contributed by atoms with E-state index < -0.39 is 5.91 Å². The van der Waals surface area contributed by atoms with Gasteiger partial charge in [-0.1, -0.05) is 24.3 Å². The molecule has 0 saturated heterocycles. The molecule has 0 atom stereocenters. The Morgan fingerprint density at radius 2 is 1.94 bits per heavy atom. The molecule has 0 bridgehead atoms. The molecule has 2 heterocycles. The van der Waals surface area contributed by atoms with Crippen LogP contribution in [-0.4, -0.2) is 27.0 Å². The Hall–Kier alpha value is -4.20. The number of nitrogens with one attached hydrogen (secondary N) is 1. The predicted octanol–water partition coefficient (Wildman–Crippen LogP) is 4.33. The molecule has 0 unspecified atom stereocenters. The average Bonchev–Trinajstić information content (AvgIpc) is 3.33. The van der Waals surface area contributed by atoms with Gasteiger partial charge in [0.1, 0.15) is 30.3 Å². The van der Waals surface area contributed by atoms with Gasteiger partial charge < -0.3 is 19.4 Å². The Bertz CT molecular complexity index is 1180. The number of nitrogens with zero attached hydrogens (tertiary/aromatic N) is 3. The number of ether oxygens (including phenoxy) is 2. The van der Waals surface area contributed by atoms with Gasteiger partial charge in [-0.15, -0.1) is 0 Å². The topological polar surface area (TPSA) is 78.3 Å².